The van der Waals surface area contributed by atoms with E-state index in [1.807, 2.05) is 27.1 Å². The molecular weight excluding hydrogens is 370 g/mol. The normalized spacial score (nSPS) is 16.8. The van der Waals surface area contributed by atoms with Gasteiger partial charge in [0.2, 0.25) is 5.95 Å². The number of pyridine rings is 1. The van der Waals surface area contributed by atoms with Crippen molar-refractivity contribution < 1.29 is 4.79 Å². The standard InChI is InChI=1S/C20H23N7O2/c1-12-8-22-17(10-21-12)19(29)27-6-4-5-13(11-27)15-7-16-14(18(28)24-15)9-23-20(25-16)26(2)3/h7-10,13H,4-6,11H2,1-3H3,(H,24,28). The molecule has 4 heterocycles. The van der Waals surface area contributed by atoms with Crippen LogP contribution in [0.25, 0.3) is 10.9 Å². The van der Waals surface area contributed by atoms with Gasteiger partial charge >= 0.3 is 0 Å². The first-order valence-electron chi connectivity index (χ1n) is 9.57. The summed E-state index contributed by atoms with van der Waals surface area (Å²) in [6.07, 6.45) is 6.39. The van der Waals surface area contributed by atoms with E-state index in [1.54, 1.807) is 22.2 Å². The fourth-order valence-electron chi connectivity index (χ4n) is 3.57. The number of fused-ring (bicyclic) bond motifs is 1. The molecule has 29 heavy (non-hydrogen) atoms. The van der Waals surface area contributed by atoms with Gasteiger partial charge in [0.05, 0.1) is 22.8 Å². The molecule has 3 aromatic rings. The molecule has 150 valence electrons. The lowest BCUT2D eigenvalue weighted by atomic mass is 9.93. The van der Waals surface area contributed by atoms with Crippen molar-refractivity contribution in [2.24, 2.45) is 0 Å². The third-order valence-corrected chi connectivity index (χ3v) is 5.15. The number of amides is 1. The summed E-state index contributed by atoms with van der Waals surface area (Å²) in [7, 11) is 3.71. The molecule has 1 amide bonds. The van der Waals surface area contributed by atoms with Crippen LogP contribution in [-0.2, 0) is 0 Å². The van der Waals surface area contributed by atoms with Crippen LogP contribution in [0.3, 0.4) is 0 Å². The number of nitrogens with zero attached hydrogens (tertiary/aromatic N) is 6. The zero-order valence-corrected chi connectivity index (χ0v) is 16.7. The van der Waals surface area contributed by atoms with Gasteiger partial charge in [0, 0.05) is 51.2 Å². The number of anilines is 1. The van der Waals surface area contributed by atoms with Crippen molar-refractivity contribution in [3.05, 3.63) is 52.1 Å². The van der Waals surface area contributed by atoms with E-state index in [9.17, 15) is 9.59 Å². The quantitative estimate of drug-likeness (QED) is 0.718. The van der Waals surface area contributed by atoms with Gasteiger partial charge in [-0.05, 0) is 25.8 Å². The minimum atomic E-state index is -0.212. The molecular formula is C20H23N7O2. The number of carbonyl (C=O) groups excluding carboxylic acids is 1. The Morgan fingerprint density at radius 3 is 2.76 bits per heavy atom. The largest absolute Gasteiger partial charge is 0.347 e. The fourth-order valence-corrected chi connectivity index (χ4v) is 3.57. The summed E-state index contributed by atoms with van der Waals surface area (Å²) in [6, 6.07) is 1.90. The zero-order valence-electron chi connectivity index (χ0n) is 16.7. The Morgan fingerprint density at radius 2 is 2.03 bits per heavy atom. The molecule has 9 nitrogen and oxygen atoms in total. The number of aromatic amines is 1. The molecule has 1 atom stereocenters. The molecule has 3 aromatic heterocycles. The summed E-state index contributed by atoms with van der Waals surface area (Å²) in [5.74, 6) is 0.441. The lowest BCUT2D eigenvalue weighted by Crippen LogP contribution is -2.40. The van der Waals surface area contributed by atoms with E-state index in [1.165, 1.54) is 6.20 Å². The van der Waals surface area contributed by atoms with Gasteiger partial charge in [-0.15, -0.1) is 0 Å². The second-order valence-corrected chi connectivity index (χ2v) is 7.55. The van der Waals surface area contributed by atoms with Crippen LogP contribution in [-0.4, -0.2) is 62.9 Å². The van der Waals surface area contributed by atoms with Crippen LogP contribution >= 0.6 is 0 Å². The molecule has 1 aliphatic rings. The molecule has 0 aliphatic carbocycles. The average Bonchev–Trinajstić information content (AvgIpc) is 2.73. The van der Waals surface area contributed by atoms with Crippen molar-refractivity contribution in [3.63, 3.8) is 0 Å². The van der Waals surface area contributed by atoms with Crippen LogP contribution < -0.4 is 10.5 Å². The van der Waals surface area contributed by atoms with Crippen LogP contribution in [0.1, 0.15) is 40.6 Å². The molecule has 4 rings (SSSR count). The predicted octanol–water partition coefficient (Wildman–Crippen LogP) is 1.50. The maximum atomic E-state index is 12.8. The Hall–Kier alpha value is -3.36. The van der Waals surface area contributed by atoms with Gasteiger partial charge in [-0.2, -0.15) is 0 Å². The number of hydrogen-bond acceptors (Lipinski definition) is 7. The van der Waals surface area contributed by atoms with Gasteiger partial charge in [-0.25, -0.2) is 15.0 Å². The van der Waals surface area contributed by atoms with Crippen molar-refractivity contribution in [1.82, 2.24) is 29.8 Å². The maximum absolute atomic E-state index is 12.8. The van der Waals surface area contributed by atoms with Crippen LogP contribution in [0.5, 0.6) is 0 Å². The number of hydrogen-bond donors (Lipinski definition) is 1. The molecule has 1 N–H and O–H groups in total. The molecule has 1 fully saturated rings. The third kappa shape index (κ3) is 3.80. The molecule has 9 heteroatoms. The third-order valence-electron chi connectivity index (χ3n) is 5.15. The molecule has 0 radical (unpaired) electrons. The van der Waals surface area contributed by atoms with Crippen molar-refractivity contribution >= 4 is 22.8 Å². The molecule has 0 bridgehead atoms. The number of likely N-dealkylation sites (tertiary alicyclic amines) is 1. The number of rotatable bonds is 3. The van der Waals surface area contributed by atoms with Crippen molar-refractivity contribution in [2.75, 3.05) is 32.1 Å². The van der Waals surface area contributed by atoms with Gasteiger partial charge in [-0.1, -0.05) is 0 Å². The monoisotopic (exact) mass is 393 g/mol. The molecule has 0 aromatic carbocycles. The summed E-state index contributed by atoms with van der Waals surface area (Å²) in [6.45, 7) is 3.01. The summed E-state index contributed by atoms with van der Waals surface area (Å²) >= 11 is 0. The summed E-state index contributed by atoms with van der Waals surface area (Å²) < 4.78 is 0. The average molecular weight is 393 g/mol. The number of piperidine rings is 1. The second-order valence-electron chi connectivity index (χ2n) is 7.55. The smallest absolute Gasteiger partial charge is 0.274 e. The fraction of sp³-hybridized carbons (Fsp3) is 0.400. The SMILES string of the molecule is Cc1cnc(C(=O)N2CCCC(c3cc4nc(N(C)C)ncc4c(=O)[nH]3)C2)cn1. The molecule has 1 saturated heterocycles. The van der Waals surface area contributed by atoms with Gasteiger partial charge in [-0.3, -0.25) is 14.6 Å². The van der Waals surface area contributed by atoms with Crippen LogP contribution in [0.2, 0.25) is 0 Å². The highest BCUT2D eigenvalue weighted by Gasteiger charge is 2.27. The van der Waals surface area contributed by atoms with E-state index in [2.05, 4.69) is 24.9 Å². The van der Waals surface area contributed by atoms with Gasteiger partial charge in [0.15, 0.2) is 0 Å². The van der Waals surface area contributed by atoms with Gasteiger partial charge < -0.3 is 14.8 Å². The number of carbonyl (C=O) groups is 1. The highest BCUT2D eigenvalue weighted by molar-refractivity contribution is 5.92. The van der Waals surface area contributed by atoms with Crippen molar-refractivity contribution in [1.29, 1.82) is 0 Å². The zero-order chi connectivity index (χ0) is 20.5. The van der Waals surface area contributed by atoms with E-state index in [0.717, 1.165) is 24.2 Å². The first-order chi connectivity index (χ1) is 13.9. The summed E-state index contributed by atoms with van der Waals surface area (Å²) in [4.78, 5) is 49.0. The highest BCUT2D eigenvalue weighted by atomic mass is 16.2. The van der Waals surface area contributed by atoms with Crippen LogP contribution in [0.15, 0.2) is 29.5 Å². The Kier molecular flexibility index (Phi) is 4.96. The minimum absolute atomic E-state index is 0.0287. The van der Waals surface area contributed by atoms with E-state index in [4.69, 9.17) is 0 Å². The van der Waals surface area contributed by atoms with E-state index in [-0.39, 0.29) is 17.4 Å². The Morgan fingerprint density at radius 1 is 1.21 bits per heavy atom. The Bertz CT molecular complexity index is 1110. The Labute approximate surface area is 167 Å². The van der Waals surface area contributed by atoms with Crippen LogP contribution in [0.4, 0.5) is 5.95 Å². The molecule has 1 aliphatic heterocycles. The van der Waals surface area contributed by atoms with Crippen molar-refractivity contribution in [3.8, 4) is 0 Å². The van der Waals surface area contributed by atoms with E-state index >= 15 is 0 Å². The summed E-state index contributed by atoms with van der Waals surface area (Å²) in [5.41, 5.74) is 2.29. The van der Waals surface area contributed by atoms with Gasteiger partial charge in [0.25, 0.3) is 11.5 Å². The molecule has 0 spiro atoms. The van der Waals surface area contributed by atoms with E-state index < -0.39 is 0 Å². The second kappa shape index (κ2) is 7.57. The Balaban J connectivity index is 1.62. The predicted molar refractivity (Wildman–Crippen MR) is 109 cm³/mol. The maximum Gasteiger partial charge on any atom is 0.274 e. The van der Waals surface area contributed by atoms with Crippen molar-refractivity contribution in [2.45, 2.75) is 25.7 Å². The number of nitrogens with one attached hydrogen (secondary N) is 1. The van der Waals surface area contributed by atoms with E-state index in [0.29, 0.717) is 35.6 Å². The minimum Gasteiger partial charge on any atom is -0.347 e. The number of aromatic nitrogens is 5. The lowest BCUT2D eigenvalue weighted by Gasteiger charge is -2.32. The van der Waals surface area contributed by atoms with Crippen LogP contribution in [0, 0.1) is 6.92 Å². The summed E-state index contributed by atoms with van der Waals surface area (Å²) in [5, 5.41) is 0.457. The first-order valence-corrected chi connectivity index (χ1v) is 9.57. The molecule has 0 saturated carbocycles. The lowest BCUT2D eigenvalue weighted by molar-refractivity contribution is 0.0699. The van der Waals surface area contributed by atoms with Gasteiger partial charge in [0.1, 0.15) is 5.69 Å². The number of H-pyrrole nitrogens is 1. The highest BCUT2D eigenvalue weighted by Crippen LogP contribution is 2.27. The first kappa shape index (κ1) is 19.0. The molecule has 1 unspecified atom stereocenters. The topological polar surface area (TPSA) is 108 Å². The number of aryl methyl sites for hydroxylation is 1.